The summed E-state index contributed by atoms with van der Waals surface area (Å²) in [4.78, 5) is 37.3. The van der Waals surface area contributed by atoms with E-state index in [4.69, 9.17) is 14.9 Å². The van der Waals surface area contributed by atoms with Crippen molar-refractivity contribution in [2.45, 2.75) is 43.4 Å². The van der Waals surface area contributed by atoms with Crippen molar-refractivity contribution >= 4 is 39.4 Å². The first kappa shape index (κ1) is 27.3. The molecule has 2 rings (SSSR count). The topological polar surface area (TPSA) is 145 Å². The van der Waals surface area contributed by atoms with E-state index in [1.54, 1.807) is 12.1 Å². The fourth-order valence-corrected chi connectivity index (χ4v) is 6.13. The number of hydrogen-bond donors (Lipinski definition) is 5. The van der Waals surface area contributed by atoms with Crippen LogP contribution in [0.4, 0.5) is 0 Å². The highest BCUT2D eigenvalue weighted by atomic mass is 33.1. The Labute approximate surface area is 201 Å². The number of carbonyl (C=O) groups is 3. The summed E-state index contributed by atoms with van der Waals surface area (Å²) in [6.07, 6.45) is 4.10. The highest BCUT2D eigenvalue weighted by Crippen LogP contribution is 2.39. The highest BCUT2D eigenvalue weighted by Gasteiger charge is 2.25. The number of para-hydroxylation sites is 1. The van der Waals surface area contributed by atoms with Gasteiger partial charge in [-0.05, 0) is 31.4 Å². The van der Waals surface area contributed by atoms with E-state index >= 15 is 0 Å². The number of aromatic hydroxyl groups is 1. The molecule has 1 aliphatic rings. The zero-order chi connectivity index (χ0) is 24.1. The zero-order valence-electron chi connectivity index (χ0n) is 18.4. The predicted octanol–water partition coefficient (Wildman–Crippen LogP) is 1.46. The van der Waals surface area contributed by atoms with E-state index in [9.17, 15) is 19.5 Å². The second kappa shape index (κ2) is 15.0. The van der Waals surface area contributed by atoms with E-state index in [0.717, 1.165) is 12.8 Å². The Morgan fingerprint density at radius 2 is 1.91 bits per heavy atom. The molecule has 11 heteroatoms. The van der Waals surface area contributed by atoms with E-state index in [-0.39, 0.29) is 50.0 Å². The quantitative estimate of drug-likeness (QED) is 0.146. The molecule has 2 unspecified atom stereocenters. The molecule has 1 aliphatic heterocycles. The summed E-state index contributed by atoms with van der Waals surface area (Å²) in [6.45, 7) is -1.18. The smallest absolute Gasteiger partial charge is 0.330 e. The molecule has 33 heavy (non-hydrogen) atoms. The van der Waals surface area contributed by atoms with Crippen molar-refractivity contribution in [2.75, 3.05) is 32.1 Å². The number of nitrogens with one attached hydrogen (secondary N) is 2. The fraction of sp³-hybridized carbons (Fsp3) is 0.591. The van der Waals surface area contributed by atoms with Crippen LogP contribution in [0.2, 0.25) is 0 Å². The number of hydrogen-bond acceptors (Lipinski definition) is 9. The Morgan fingerprint density at radius 3 is 2.58 bits per heavy atom. The molecule has 2 atom stereocenters. The van der Waals surface area contributed by atoms with Gasteiger partial charge in [0.05, 0.1) is 25.4 Å². The molecular weight excluding hydrogens is 468 g/mol. The number of phenols is 1. The summed E-state index contributed by atoms with van der Waals surface area (Å²) in [6, 6.07) is 4.83. The van der Waals surface area contributed by atoms with Crippen LogP contribution >= 0.6 is 21.6 Å². The summed E-state index contributed by atoms with van der Waals surface area (Å²) < 4.78 is 5.12. The third kappa shape index (κ3) is 9.83. The molecule has 0 radical (unpaired) electrons. The van der Waals surface area contributed by atoms with Gasteiger partial charge in [-0.1, -0.05) is 40.1 Å². The molecule has 0 aromatic heterocycles. The molecule has 1 heterocycles. The lowest BCUT2D eigenvalue weighted by molar-refractivity contribution is -0.149. The Kier molecular flexibility index (Phi) is 12.4. The van der Waals surface area contributed by atoms with Crippen molar-refractivity contribution in [2.24, 2.45) is 5.92 Å². The average molecular weight is 501 g/mol. The molecule has 1 aromatic rings. The van der Waals surface area contributed by atoms with Gasteiger partial charge in [0, 0.05) is 29.9 Å². The van der Waals surface area contributed by atoms with Crippen molar-refractivity contribution < 1.29 is 34.4 Å². The molecule has 1 fully saturated rings. The zero-order valence-corrected chi connectivity index (χ0v) is 20.0. The van der Waals surface area contributed by atoms with E-state index < -0.39 is 23.8 Å². The van der Waals surface area contributed by atoms with Crippen LogP contribution in [0.1, 0.15) is 42.5 Å². The van der Waals surface area contributed by atoms with Gasteiger partial charge in [-0.2, -0.15) is 0 Å². The predicted molar refractivity (Wildman–Crippen MR) is 128 cm³/mol. The highest BCUT2D eigenvalue weighted by molar-refractivity contribution is 8.77. The Balaban J connectivity index is 1.88. The maximum Gasteiger partial charge on any atom is 0.330 e. The van der Waals surface area contributed by atoms with Gasteiger partial charge in [0.25, 0.3) is 5.91 Å². The summed E-state index contributed by atoms with van der Waals surface area (Å²) in [7, 11) is 3.78. The lowest BCUT2D eigenvalue weighted by atomic mass is 10.1. The normalized spacial score (nSPS) is 16.4. The molecule has 0 spiro atoms. The third-order valence-electron chi connectivity index (χ3n) is 5.12. The van der Waals surface area contributed by atoms with Crippen LogP contribution in [0.15, 0.2) is 24.3 Å². The average Bonchev–Trinajstić information content (AvgIpc) is 3.33. The van der Waals surface area contributed by atoms with Gasteiger partial charge in [0.15, 0.2) is 0 Å². The van der Waals surface area contributed by atoms with E-state index in [2.05, 4.69) is 10.6 Å². The Hall–Kier alpha value is -1.95. The molecule has 184 valence electrons. The van der Waals surface area contributed by atoms with E-state index in [1.807, 2.05) is 21.6 Å². The standard InChI is InChI=1S/C22H32N2O7S2/c25-12-15(13-26)14-31-22(30)18(11-23-21(29)17-6-2-3-7-19(17)27)24-20(28)8-4-1-5-16-9-10-32-33-16/h2-3,6-7,15-16,18,25-27H,1,4-5,8-14H2,(H,23,29)(H,24,28). The number of ether oxygens (including phenoxy) is 1. The third-order valence-corrected chi connectivity index (χ3v) is 8.13. The number of phenolic OH excluding ortho intramolecular Hbond substituents is 1. The SMILES string of the molecule is O=C(CCCCC1CCSS1)NC(CNC(=O)c1ccccc1O)C(=O)OCC(CO)CO. The second-order valence-electron chi connectivity index (χ2n) is 7.78. The Bertz CT molecular complexity index is 771. The van der Waals surface area contributed by atoms with Crippen LogP contribution in [-0.2, 0) is 14.3 Å². The van der Waals surface area contributed by atoms with Gasteiger partial charge in [0.1, 0.15) is 11.8 Å². The largest absolute Gasteiger partial charge is 0.507 e. The van der Waals surface area contributed by atoms with Crippen molar-refractivity contribution in [1.29, 1.82) is 0 Å². The van der Waals surface area contributed by atoms with Gasteiger partial charge < -0.3 is 30.7 Å². The fourth-order valence-electron chi connectivity index (χ4n) is 3.10. The molecule has 1 aromatic carbocycles. The first-order valence-electron chi connectivity index (χ1n) is 11.0. The summed E-state index contributed by atoms with van der Waals surface area (Å²) in [5.41, 5.74) is 0.0412. The van der Waals surface area contributed by atoms with Crippen LogP contribution in [-0.4, -0.2) is 76.5 Å². The van der Waals surface area contributed by atoms with Gasteiger partial charge in [0.2, 0.25) is 5.91 Å². The number of rotatable bonds is 14. The number of aliphatic hydroxyl groups is 2. The van der Waals surface area contributed by atoms with Crippen LogP contribution in [0, 0.1) is 5.92 Å². The van der Waals surface area contributed by atoms with Gasteiger partial charge >= 0.3 is 5.97 Å². The summed E-state index contributed by atoms with van der Waals surface area (Å²) in [5, 5.41) is 33.9. The minimum atomic E-state index is -1.15. The van der Waals surface area contributed by atoms with Crippen LogP contribution in [0.5, 0.6) is 5.75 Å². The molecule has 0 bridgehead atoms. The Morgan fingerprint density at radius 1 is 1.15 bits per heavy atom. The lowest BCUT2D eigenvalue weighted by Crippen LogP contribution is -2.49. The molecule has 2 amide bonds. The molecule has 0 aliphatic carbocycles. The maximum atomic E-state index is 12.5. The molecule has 0 saturated carbocycles. The molecule has 1 saturated heterocycles. The monoisotopic (exact) mass is 500 g/mol. The van der Waals surface area contributed by atoms with Crippen molar-refractivity contribution in [1.82, 2.24) is 10.6 Å². The van der Waals surface area contributed by atoms with Crippen LogP contribution in [0.25, 0.3) is 0 Å². The summed E-state index contributed by atoms with van der Waals surface area (Å²) in [5.74, 6) is -1.39. The van der Waals surface area contributed by atoms with Gasteiger partial charge in [-0.15, -0.1) is 0 Å². The van der Waals surface area contributed by atoms with E-state index in [0.29, 0.717) is 11.7 Å². The maximum absolute atomic E-state index is 12.5. The second-order valence-corrected chi connectivity index (χ2v) is 10.6. The van der Waals surface area contributed by atoms with Gasteiger partial charge in [-0.3, -0.25) is 9.59 Å². The minimum Gasteiger partial charge on any atom is -0.507 e. The first-order chi connectivity index (χ1) is 15.9. The first-order valence-corrected chi connectivity index (χ1v) is 13.3. The van der Waals surface area contributed by atoms with Crippen LogP contribution < -0.4 is 10.6 Å². The minimum absolute atomic E-state index is 0.0412. The number of unbranched alkanes of at least 4 members (excludes halogenated alkanes) is 1. The number of carbonyl (C=O) groups excluding carboxylic acids is 3. The summed E-state index contributed by atoms with van der Waals surface area (Å²) >= 11 is 0. The molecular formula is C22H32N2O7S2. The van der Waals surface area contributed by atoms with Crippen molar-refractivity contribution in [3.63, 3.8) is 0 Å². The van der Waals surface area contributed by atoms with Crippen molar-refractivity contribution in [3.05, 3.63) is 29.8 Å². The van der Waals surface area contributed by atoms with Crippen LogP contribution in [0.3, 0.4) is 0 Å². The number of benzene rings is 1. The number of esters is 1. The number of aliphatic hydroxyl groups excluding tert-OH is 2. The van der Waals surface area contributed by atoms with Gasteiger partial charge in [-0.25, -0.2) is 4.79 Å². The lowest BCUT2D eigenvalue weighted by Gasteiger charge is -2.20. The van der Waals surface area contributed by atoms with Crippen molar-refractivity contribution in [3.8, 4) is 5.75 Å². The van der Waals surface area contributed by atoms with E-state index in [1.165, 1.54) is 24.3 Å². The number of amides is 2. The molecule has 5 N–H and O–H groups in total. The molecule has 9 nitrogen and oxygen atoms in total.